The Morgan fingerprint density at radius 2 is 1.98 bits per heavy atom. The minimum absolute atomic E-state index is 0.103. The minimum atomic E-state index is -4.31. The van der Waals surface area contributed by atoms with E-state index in [1.165, 1.54) is 23.8 Å². The predicted molar refractivity (Wildman–Crippen MR) is 151 cm³/mol. The number of hydrogen-bond acceptors (Lipinski definition) is 11. The number of benzene rings is 1. The second kappa shape index (κ2) is 13.2. The molecule has 3 heterocycles. The highest BCUT2D eigenvalue weighted by atomic mass is 31.2. The number of nitrogens with one attached hydrogen (secondary N) is 1. The van der Waals surface area contributed by atoms with Crippen LogP contribution < -0.4 is 15.3 Å². The number of nitrogens with two attached hydrogens (primary N) is 1. The molecule has 1 aliphatic rings. The van der Waals surface area contributed by atoms with Crippen molar-refractivity contribution in [1.29, 1.82) is 0 Å². The van der Waals surface area contributed by atoms with Crippen LogP contribution >= 0.6 is 7.75 Å². The molecule has 2 aromatic heterocycles. The van der Waals surface area contributed by atoms with Gasteiger partial charge < -0.3 is 25.2 Å². The van der Waals surface area contributed by atoms with Crippen molar-refractivity contribution in [3.05, 3.63) is 65.9 Å². The molecule has 0 saturated carbocycles. The molecule has 226 valence electrons. The summed E-state index contributed by atoms with van der Waals surface area (Å²) < 4.78 is 37.8. The third kappa shape index (κ3) is 6.42. The lowest BCUT2D eigenvalue weighted by Gasteiger charge is -2.25. The van der Waals surface area contributed by atoms with Gasteiger partial charge >= 0.3 is 19.4 Å². The van der Waals surface area contributed by atoms with E-state index in [1.54, 1.807) is 36.4 Å². The largest absolute Gasteiger partial charge is 0.464 e. The van der Waals surface area contributed by atoms with Gasteiger partial charge in [-0.15, -0.1) is 0 Å². The van der Waals surface area contributed by atoms with Crippen LogP contribution in [0.1, 0.15) is 39.3 Å². The highest BCUT2D eigenvalue weighted by Crippen LogP contribution is 2.47. The van der Waals surface area contributed by atoms with Crippen molar-refractivity contribution in [2.45, 2.75) is 63.7 Å². The second-order valence-electron chi connectivity index (χ2n) is 9.92. The first-order valence-corrected chi connectivity index (χ1v) is 15.1. The summed E-state index contributed by atoms with van der Waals surface area (Å²) in [4.78, 5) is 20.1. The van der Waals surface area contributed by atoms with E-state index in [0.29, 0.717) is 5.52 Å². The minimum Gasteiger partial charge on any atom is -0.464 e. The molecule has 0 amide bonds. The van der Waals surface area contributed by atoms with E-state index in [-0.39, 0.29) is 29.8 Å². The fourth-order valence-corrected chi connectivity index (χ4v) is 6.05. The number of aromatic nitrogens is 3. The number of carbonyl (C=O) groups excluding carboxylic acids is 1. The van der Waals surface area contributed by atoms with Crippen molar-refractivity contribution >= 4 is 25.1 Å². The zero-order valence-corrected chi connectivity index (χ0v) is 24.4. The lowest BCUT2D eigenvalue weighted by Crippen LogP contribution is -2.40. The first kappa shape index (κ1) is 31.4. The molecule has 5 N–H and O–H groups in total. The highest BCUT2D eigenvalue weighted by Gasteiger charge is 2.63. The normalized spacial score (nSPS) is 24.3. The number of rotatable bonds is 13. The molecule has 1 aromatic carbocycles. The lowest BCUT2D eigenvalue weighted by molar-refractivity contribution is -0.146. The topological polar surface area (TPSA) is 184 Å². The smallest absolute Gasteiger partial charge is 0.459 e. The number of aliphatic hydroxyl groups is 2. The Bertz CT molecular complexity index is 1460. The van der Waals surface area contributed by atoms with E-state index in [0.717, 1.165) is 12.8 Å². The Hall–Kier alpha value is -3.57. The van der Waals surface area contributed by atoms with Gasteiger partial charge in [-0.1, -0.05) is 44.9 Å². The Kier molecular flexibility index (Phi) is 9.83. The first-order chi connectivity index (χ1) is 20.1. The molecule has 0 spiro atoms. The number of fused-ring (bicyclic) bond motifs is 1. The summed E-state index contributed by atoms with van der Waals surface area (Å²) in [5.41, 5.74) is 4.28. The van der Waals surface area contributed by atoms with Crippen molar-refractivity contribution < 1.29 is 38.1 Å². The van der Waals surface area contributed by atoms with Crippen LogP contribution in [-0.4, -0.2) is 68.3 Å². The van der Waals surface area contributed by atoms with Gasteiger partial charge in [0.2, 0.25) is 0 Å². The molecule has 2 unspecified atom stereocenters. The van der Waals surface area contributed by atoms with Gasteiger partial charge in [0.05, 0.1) is 13.2 Å². The van der Waals surface area contributed by atoms with Gasteiger partial charge in [0.15, 0.2) is 17.6 Å². The highest BCUT2D eigenvalue weighted by molar-refractivity contribution is 7.52. The van der Waals surface area contributed by atoms with Crippen molar-refractivity contribution in [2.75, 3.05) is 18.9 Å². The quantitative estimate of drug-likeness (QED) is 0.128. The van der Waals surface area contributed by atoms with Crippen molar-refractivity contribution in [1.82, 2.24) is 19.7 Å². The molecule has 0 radical (unpaired) electrons. The SMILES string of the molecule is [C-]#[N+][C@]1(c2ccc3c(N)ncnn23)O[C@@H](COP(=O)(N[C@@H](C)C(=O)OCC(CC)CC)Oc2ccccc2)C(O)[C@H]1O. The van der Waals surface area contributed by atoms with Crippen LogP contribution in [0.25, 0.3) is 10.4 Å². The number of nitrogens with zero attached hydrogens (tertiary/aromatic N) is 4. The number of carbonyl (C=O) groups is 1. The van der Waals surface area contributed by atoms with Crippen LogP contribution in [-0.2, 0) is 29.1 Å². The molecular formula is C27H35N6O8P. The lowest BCUT2D eigenvalue weighted by atomic mass is 10.0. The Balaban J connectivity index is 1.53. The monoisotopic (exact) mass is 602 g/mol. The average Bonchev–Trinajstić information content (AvgIpc) is 3.53. The molecule has 6 atom stereocenters. The van der Waals surface area contributed by atoms with E-state index >= 15 is 0 Å². The molecule has 0 aliphatic carbocycles. The standard InChI is InChI=1S/C27H35N6O8P/c1-5-18(6-2)14-38-26(36)17(3)32-42(37,41-19-10-8-7-9-11-19)39-15-21-23(34)24(35)27(29-4,40-21)22-13-12-20-25(28)30-16-31-33(20)22/h7-13,16-18,21,23-24,34-35H,5-6,14-15H2,1-3H3,(H,32,37)(H2,28,30,31)/t17-,21-,23?,24+,27+,42?/m0/s1. The molecule has 1 saturated heterocycles. The number of ether oxygens (including phenoxy) is 2. The van der Waals surface area contributed by atoms with Crippen molar-refractivity contribution in [3.8, 4) is 5.75 Å². The van der Waals surface area contributed by atoms with Crippen molar-refractivity contribution in [2.24, 2.45) is 5.92 Å². The zero-order chi connectivity index (χ0) is 30.5. The van der Waals surface area contributed by atoms with Crippen LogP contribution in [0.5, 0.6) is 5.75 Å². The summed E-state index contributed by atoms with van der Waals surface area (Å²) in [5.74, 6) is -0.128. The molecule has 15 heteroatoms. The maximum absolute atomic E-state index is 13.9. The fraction of sp³-hybridized carbons (Fsp3) is 0.481. The molecular weight excluding hydrogens is 567 g/mol. The molecule has 4 rings (SSSR count). The Labute approximate surface area is 243 Å². The molecule has 3 aromatic rings. The van der Waals surface area contributed by atoms with Crippen LogP contribution in [0, 0.1) is 12.5 Å². The van der Waals surface area contributed by atoms with E-state index in [1.807, 2.05) is 13.8 Å². The van der Waals surface area contributed by atoms with Gasteiger partial charge in [-0.3, -0.25) is 18.9 Å². The van der Waals surface area contributed by atoms with Crippen LogP contribution in [0.4, 0.5) is 5.82 Å². The Morgan fingerprint density at radius 1 is 1.26 bits per heavy atom. The predicted octanol–water partition coefficient (Wildman–Crippen LogP) is 2.67. The number of hydrogen-bond donors (Lipinski definition) is 4. The van der Waals surface area contributed by atoms with E-state index < -0.39 is 50.4 Å². The molecule has 14 nitrogen and oxygen atoms in total. The third-order valence-electron chi connectivity index (χ3n) is 7.15. The van der Waals surface area contributed by atoms with Gasteiger partial charge in [0, 0.05) is 0 Å². The van der Waals surface area contributed by atoms with Gasteiger partial charge in [-0.2, -0.15) is 10.2 Å². The van der Waals surface area contributed by atoms with E-state index in [4.69, 9.17) is 30.8 Å². The zero-order valence-electron chi connectivity index (χ0n) is 23.5. The summed E-state index contributed by atoms with van der Waals surface area (Å²) in [6, 6.07) is 10.1. The maximum atomic E-state index is 13.9. The average molecular weight is 603 g/mol. The number of esters is 1. The summed E-state index contributed by atoms with van der Waals surface area (Å²) in [6.07, 6.45) is -1.83. The van der Waals surface area contributed by atoms with Crippen LogP contribution in [0.3, 0.4) is 0 Å². The summed E-state index contributed by atoms with van der Waals surface area (Å²) in [7, 11) is -4.31. The van der Waals surface area contributed by atoms with E-state index in [9.17, 15) is 19.6 Å². The number of aliphatic hydroxyl groups excluding tert-OH is 2. The van der Waals surface area contributed by atoms with Gasteiger partial charge in [0.1, 0.15) is 35.8 Å². The fourth-order valence-electron chi connectivity index (χ4n) is 4.54. The number of anilines is 1. The van der Waals surface area contributed by atoms with Gasteiger partial charge in [-0.05, 0) is 37.1 Å². The molecule has 1 aliphatic heterocycles. The van der Waals surface area contributed by atoms with Crippen LogP contribution in [0.15, 0.2) is 48.8 Å². The summed E-state index contributed by atoms with van der Waals surface area (Å²) >= 11 is 0. The second-order valence-corrected chi connectivity index (χ2v) is 11.6. The maximum Gasteiger partial charge on any atom is 0.459 e. The van der Waals surface area contributed by atoms with Crippen LogP contribution in [0.2, 0.25) is 0 Å². The summed E-state index contributed by atoms with van der Waals surface area (Å²) in [6.45, 7) is 13.0. The van der Waals surface area contributed by atoms with Gasteiger partial charge in [0.25, 0.3) is 0 Å². The summed E-state index contributed by atoms with van der Waals surface area (Å²) in [5, 5.41) is 28.6. The van der Waals surface area contributed by atoms with E-state index in [2.05, 4.69) is 20.0 Å². The number of nitrogen functional groups attached to an aromatic ring is 1. The molecule has 42 heavy (non-hydrogen) atoms. The molecule has 0 bridgehead atoms. The third-order valence-corrected chi connectivity index (χ3v) is 8.79. The molecule has 1 fully saturated rings. The van der Waals surface area contributed by atoms with Crippen molar-refractivity contribution in [3.63, 3.8) is 0 Å². The first-order valence-electron chi connectivity index (χ1n) is 13.5. The number of para-hydroxylation sites is 1. The van der Waals surface area contributed by atoms with Gasteiger partial charge in [-0.25, -0.2) is 20.6 Å². The Morgan fingerprint density at radius 3 is 2.64 bits per heavy atom.